The van der Waals surface area contributed by atoms with Crippen LogP contribution in [0.4, 0.5) is 0 Å². The molecule has 1 aliphatic carbocycles. The second-order valence-electron chi connectivity index (χ2n) is 6.39. The van der Waals surface area contributed by atoms with Crippen LogP contribution in [0.15, 0.2) is 0 Å². The van der Waals surface area contributed by atoms with Crippen molar-refractivity contribution in [2.75, 3.05) is 6.54 Å². The van der Waals surface area contributed by atoms with Crippen LogP contribution < -0.4 is 10.6 Å². The average molecular weight is 282 g/mol. The van der Waals surface area contributed by atoms with Crippen molar-refractivity contribution < 1.29 is 4.79 Å². The number of amides is 1. The average Bonchev–Trinajstić information content (AvgIpc) is 2.48. The summed E-state index contributed by atoms with van der Waals surface area (Å²) in [7, 11) is 0. The van der Waals surface area contributed by atoms with E-state index >= 15 is 0 Å². The van der Waals surface area contributed by atoms with E-state index in [2.05, 4.69) is 24.5 Å². The van der Waals surface area contributed by atoms with Crippen molar-refractivity contribution in [1.29, 1.82) is 0 Å². The number of unbranched alkanes of at least 4 members (excludes halogenated alkanes) is 1. The molecule has 0 saturated heterocycles. The predicted molar refractivity (Wildman–Crippen MR) is 85.8 cm³/mol. The Balaban J connectivity index is 2.22. The molecular weight excluding hydrogens is 248 g/mol. The van der Waals surface area contributed by atoms with Gasteiger partial charge in [-0.1, -0.05) is 52.4 Å². The van der Waals surface area contributed by atoms with E-state index in [9.17, 15) is 4.79 Å². The maximum atomic E-state index is 12.2. The molecule has 20 heavy (non-hydrogen) atoms. The van der Waals surface area contributed by atoms with Crippen LogP contribution in [0.2, 0.25) is 0 Å². The van der Waals surface area contributed by atoms with Gasteiger partial charge in [0.1, 0.15) is 0 Å². The summed E-state index contributed by atoms with van der Waals surface area (Å²) in [6.07, 6.45) is 11.2. The monoisotopic (exact) mass is 282 g/mol. The van der Waals surface area contributed by atoms with Gasteiger partial charge in [-0.15, -0.1) is 0 Å². The van der Waals surface area contributed by atoms with Gasteiger partial charge < -0.3 is 10.6 Å². The quantitative estimate of drug-likeness (QED) is 0.678. The van der Waals surface area contributed by atoms with Crippen LogP contribution in [0.3, 0.4) is 0 Å². The van der Waals surface area contributed by atoms with Crippen molar-refractivity contribution in [3.63, 3.8) is 0 Å². The van der Waals surface area contributed by atoms with E-state index in [1.807, 2.05) is 6.92 Å². The highest BCUT2D eigenvalue weighted by Gasteiger charge is 2.19. The summed E-state index contributed by atoms with van der Waals surface area (Å²) in [5.41, 5.74) is 0. The molecule has 0 aromatic heterocycles. The van der Waals surface area contributed by atoms with E-state index in [1.54, 1.807) is 0 Å². The van der Waals surface area contributed by atoms with E-state index in [1.165, 1.54) is 44.9 Å². The molecule has 0 bridgehead atoms. The lowest BCUT2D eigenvalue weighted by atomic mass is 9.95. The molecule has 3 nitrogen and oxygen atoms in total. The third kappa shape index (κ3) is 6.74. The maximum Gasteiger partial charge on any atom is 0.237 e. The van der Waals surface area contributed by atoms with E-state index in [0.29, 0.717) is 12.0 Å². The number of hydrogen-bond acceptors (Lipinski definition) is 2. The van der Waals surface area contributed by atoms with Crippen LogP contribution in [0.5, 0.6) is 0 Å². The van der Waals surface area contributed by atoms with Crippen molar-refractivity contribution in [2.45, 2.75) is 90.6 Å². The molecule has 0 aromatic rings. The van der Waals surface area contributed by atoms with Gasteiger partial charge in [0.05, 0.1) is 6.04 Å². The van der Waals surface area contributed by atoms with Crippen LogP contribution >= 0.6 is 0 Å². The molecule has 1 fully saturated rings. The van der Waals surface area contributed by atoms with Gasteiger partial charge in [-0.2, -0.15) is 0 Å². The summed E-state index contributed by atoms with van der Waals surface area (Å²) in [5, 5.41) is 6.62. The fraction of sp³-hybridized carbons (Fsp3) is 0.941. The molecule has 0 aromatic carbocycles. The third-order valence-corrected chi connectivity index (χ3v) is 4.60. The van der Waals surface area contributed by atoms with Gasteiger partial charge in [-0.25, -0.2) is 0 Å². The SMILES string of the molecule is CCCCC(CC)CNC(C)C(=O)NC1CCCCC1. The highest BCUT2D eigenvalue weighted by Crippen LogP contribution is 2.17. The van der Waals surface area contributed by atoms with Gasteiger partial charge in [-0.3, -0.25) is 4.79 Å². The van der Waals surface area contributed by atoms with E-state index in [-0.39, 0.29) is 11.9 Å². The number of carbonyl (C=O) groups is 1. The molecule has 1 rings (SSSR count). The van der Waals surface area contributed by atoms with Crippen LogP contribution in [0.25, 0.3) is 0 Å². The molecule has 2 atom stereocenters. The van der Waals surface area contributed by atoms with Crippen LogP contribution in [0.1, 0.15) is 78.6 Å². The number of rotatable bonds is 9. The van der Waals surface area contributed by atoms with Crippen LogP contribution in [-0.2, 0) is 4.79 Å². The highest BCUT2D eigenvalue weighted by molar-refractivity contribution is 5.81. The van der Waals surface area contributed by atoms with Crippen LogP contribution in [-0.4, -0.2) is 24.5 Å². The molecule has 2 N–H and O–H groups in total. The van der Waals surface area contributed by atoms with Gasteiger partial charge in [0.2, 0.25) is 5.91 Å². The molecule has 118 valence electrons. The summed E-state index contributed by atoms with van der Waals surface area (Å²) in [6.45, 7) is 7.44. The molecule has 2 unspecified atom stereocenters. The van der Waals surface area contributed by atoms with Crippen molar-refractivity contribution >= 4 is 5.91 Å². The second-order valence-corrected chi connectivity index (χ2v) is 6.39. The standard InChI is InChI=1S/C17H34N2O/c1-4-6-10-15(5-2)13-18-14(3)17(20)19-16-11-8-7-9-12-16/h14-16,18H,4-13H2,1-3H3,(H,19,20). The Morgan fingerprint density at radius 2 is 1.90 bits per heavy atom. The third-order valence-electron chi connectivity index (χ3n) is 4.60. The zero-order chi connectivity index (χ0) is 14.8. The largest absolute Gasteiger partial charge is 0.352 e. The Morgan fingerprint density at radius 1 is 1.20 bits per heavy atom. The molecule has 0 radical (unpaired) electrons. The molecule has 0 aliphatic heterocycles. The first-order valence-electron chi connectivity index (χ1n) is 8.71. The van der Waals surface area contributed by atoms with Crippen molar-refractivity contribution in [3.05, 3.63) is 0 Å². The topological polar surface area (TPSA) is 41.1 Å². The minimum atomic E-state index is -0.0624. The van der Waals surface area contributed by atoms with Gasteiger partial charge in [0.25, 0.3) is 0 Å². The second kappa shape index (κ2) is 10.2. The number of nitrogens with one attached hydrogen (secondary N) is 2. The van der Waals surface area contributed by atoms with Gasteiger partial charge in [-0.05, 0) is 38.6 Å². The fourth-order valence-electron chi connectivity index (χ4n) is 2.95. The van der Waals surface area contributed by atoms with Crippen LogP contribution in [0, 0.1) is 5.92 Å². The number of hydrogen-bond donors (Lipinski definition) is 2. The Labute approximate surface area is 125 Å². The number of carbonyl (C=O) groups excluding carboxylic acids is 1. The first-order valence-corrected chi connectivity index (χ1v) is 8.71. The summed E-state index contributed by atoms with van der Waals surface area (Å²) in [6, 6.07) is 0.357. The Bertz CT molecular complexity index is 262. The summed E-state index contributed by atoms with van der Waals surface area (Å²) in [5.74, 6) is 0.891. The molecule has 0 spiro atoms. The first kappa shape index (κ1) is 17.5. The van der Waals surface area contributed by atoms with E-state index in [4.69, 9.17) is 0 Å². The molecular formula is C17H34N2O. The van der Waals surface area contributed by atoms with Crippen molar-refractivity contribution in [2.24, 2.45) is 5.92 Å². The minimum absolute atomic E-state index is 0.0624. The van der Waals surface area contributed by atoms with E-state index in [0.717, 1.165) is 19.4 Å². The predicted octanol–water partition coefficient (Wildman–Crippen LogP) is 3.63. The summed E-state index contributed by atoms with van der Waals surface area (Å²) >= 11 is 0. The zero-order valence-corrected chi connectivity index (χ0v) is 13.7. The fourth-order valence-corrected chi connectivity index (χ4v) is 2.95. The first-order chi connectivity index (χ1) is 9.67. The Hall–Kier alpha value is -0.570. The summed E-state index contributed by atoms with van der Waals surface area (Å²) < 4.78 is 0. The van der Waals surface area contributed by atoms with Gasteiger partial charge in [0.15, 0.2) is 0 Å². The smallest absolute Gasteiger partial charge is 0.237 e. The lowest BCUT2D eigenvalue weighted by Gasteiger charge is -2.25. The van der Waals surface area contributed by atoms with Crippen molar-refractivity contribution in [1.82, 2.24) is 10.6 Å². The Kier molecular flexibility index (Phi) is 8.92. The molecule has 0 heterocycles. The van der Waals surface area contributed by atoms with Crippen molar-refractivity contribution in [3.8, 4) is 0 Å². The normalized spacial score (nSPS) is 19.6. The lowest BCUT2D eigenvalue weighted by molar-refractivity contribution is -0.123. The minimum Gasteiger partial charge on any atom is -0.352 e. The van der Waals surface area contributed by atoms with Gasteiger partial charge in [0, 0.05) is 6.04 Å². The molecule has 1 amide bonds. The highest BCUT2D eigenvalue weighted by atomic mass is 16.2. The molecule has 1 saturated carbocycles. The maximum absolute atomic E-state index is 12.2. The zero-order valence-electron chi connectivity index (χ0n) is 13.7. The van der Waals surface area contributed by atoms with E-state index < -0.39 is 0 Å². The molecule has 1 aliphatic rings. The summed E-state index contributed by atoms with van der Waals surface area (Å²) in [4.78, 5) is 12.2. The lowest BCUT2D eigenvalue weighted by Crippen LogP contribution is -2.47. The molecule has 3 heteroatoms. The van der Waals surface area contributed by atoms with Gasteiger partial charge >= 0.3 is 0 Å². The Morgan fingerprint density at radius 3 is 2.50 bits per heavy atom.